The van der Waals surface area contributed by atoms with Crippen LogP contribution in [0.3, 0.4) is 0 Å². The number of hydrogen-bond acceptors (Lipinski definition) is 3. The lowest BCUT2D eigenvalue weighted by molar-refractivity contribution is 0.669. The van der Waals surface area contributed by atoms with Crippen molar-refractivity contribution in [3.63, 3.8) is 0 Å². The van der Waals surface area contributed by atoms with Crippen LogP contribution in [0.1, 0.15) is 0 Å². The molecule has 8 aromatic carbocycles. The van der Waals surface area contributed by atoms with Gasteiger partial charge in [-0.25, -0.2) is 0 Å². The van der Waals surface area contributed by atoms with Crippen LogP contribution in [0.2, 0.25) is 0 Å². The Morgan fingerprint density at radius 3 is 1.74 bits per heavy atom. The topological polar surface area (TPSA) is 48.8 Å². The molecule has 0 saturated heterocycles. The highest BCUT2D eigenvalue weighted by Crippen LogP contribution is 2.41. The fraction of sp³-hybridized carbons (Fsp3) is 0. The van der Waals surface area contributed by atoms with E-state index in [4.69, 9.17) is 4.42 Å². The Labute approximate surface area is 327 Å². The Morgan fingerprint density at radius 2 is 0.982 bits per heavy atom. The molecule has 12 rings (SSSR count). The van der Waals surface area contributed by atoms with Gasteiger partial charge in [0.15, 0.2) is 0 Å². The van der Waals surface area contributed by atoms with Gasteiger partial charge in [0.2, 0.25) is 0 Å². The summed E-state index contributed by atoms with van der Waals surface area (Å²) in [6, 6.07) is 63.2. The molecule has 0 aliphatic rings. The molecule has 0 aliphatic heterocycles. The minimum Gasteiger partial charge on any atom is -0.456 e. The Kier molecular flexibility index (Phi) is 6.86. The number of hydrogen-bond donors (Lipinski definition) is 0. The van der Waals surface area contributed by atoms with E-state index in [2.05, 4.69) is 195 Å². The Hall–Kier alpha value is -7.76. The second kappa shape index (κ2) is 12.4. The molecule has 4 aromatic heterocycles. The maximum atomic E-state index is 6.56. The number of fused-ring (bicyclic) bond motifs is 9. The first-order valence-corrected chi connectivity index (χ1v) is 19.2. The molecule has 0 radical (unpaired) electrons. The Balaban J connectivity index is 0.998. The van der Waals surface area contributed by atoms with Gasteiger partial charge in [-0.15, -0.1) is 0 Å². The SMILES string of the molecule is c1ccc(-n2c3ccccc3c3cc(-c4cccc(-c5ccc6oc7cccc(-n8c9ccccc9c9cc(-c%10cnccn%10)ccc98)c7c6c5)c4)ccc32)cc1. The first-order valence-electron chi connectivity index (χ1n) is 19.2. The molecule has 0 atom stereocenters. The van der Waals surface area contributed by atoms with E-state index in [-0.39, 0.29) is 0 Å². The smallest absolute Gasteiger partial charge is 0.137 e. The van der Waals surface area contributed by atoms with Gasteiger partial charge in [-0.3, -0.25) is 9.97 Å². The van der Waals surface area contributed by atoms with Crippen molar-refractivity contribution in [2.75, 3.05) is 0 Å². The fourth-order valence-electron chi connectivity index (χ4n) is 8.90. The summed E-state index contributed by atoms with van der Waals surface area (Å²) >= 11 is 0. The van der Waals surface area contributed by atoms with Gasteiger partial charge in [0.25, 0.3) is 0 Å². The average Bonchev–Trinajstić information content (AvgIpc) is 3.94. The molecule has 0 N–H and O–H groups in total. The van der Waals surface area contributed by atoms with Crippen molar-refractivity contribution in [3.8, 4) is 44.9 Å². The Bertz CT molecular complexity index is 3520. The van der Waals surface area contributed by atoms with Gasteiger partial charge in [0, 0.05) is 50.6 Å². The van der Waals surface area contributed by atoms with Gasteiger partial charge >= 0.3 is 0 Å². The molecule has 5 nitrogen and oxygen atoms in total. The zero-order valence-electron chi connectivity index (χ0n) is 30.7. The third kappa shape index (κ3) is 4.89. The van der Waals surface area contributed by atoms with Gasteiger partial charge in [0.1, 0.15) is 11.2 Å². The highest BCUT2D eigenvalue weighted by Gasteiger charge is 2.19. The number of furan rings is 1. The summed E-state index contributed by atoms with van der Waals surface area (Å²) in [6.45, 7) is 0. The van der Waals surface area contributed by atoms with Crippen LogP contribution in [0.25, 0.3) is 110 Å². The van der Waals surface area contributed by atoms with Gasteiger partial charge in [0.05, 0.1) is 45.0 Å². The monoisotopic (exact) mass is 728 g/mol. The minimum atomic E-state index is 0.854. The van der Waals surface area contributed by atoms with E-state index in [0.717, 1.165) is 66.7 Å². The standard InChI is InChI=1S/C52H32N4O/c1-2-12-38(13-3-1)55-45-16-6-4-14-39(45)41-29-35(20-23-47(41)55)33-10-8-11-34(28-33)36-22-25-50-43(30-36)52-49(18-9-19-51(52)57-50)56-46-17-7-5-15-40(46)42-31-37(21-24-48(42)56)44-32-53-26-27-54-44/h1-32H. The second-order valence-corrected chi connectivity index (χ2v) is 14.6. The van der Waals surface area contributed by atoms with E-state index < -0.39 is 0 Å². The third-order valence-electron chi connectivity index (χ3n) is 11.5. The van der Waals surface area contributed by atoms with Crippen molar-refractivity contribution >= 4 is 65.6 Å². The third-order valence-corrected chi connectivity index (χ3v) is 11.5. The molecular weight excluding hydrogens is 697 g/mol. The number of benzene rings is 8. The van der Waals surface area contributed by atoms with E-state index in [1.165, 1.54) is 43.7 Å². The molecule has 0 aliphatic carbocycles. The molecule has 0 bridgehead atoms. The van der Waals surface area contributed by atoms with E-state index in [1.807, 2.05) is 6.20 Å². The predicted octanol–water partition coefficient (Wildman–Crippen LogP) is 13.6. The maximum absolute atomic E-state index is 6.56. The quantitative estimate of drug-likeness (QED) is 0.177. The van der Waals surface area contributed by atoms with E-state index in [0.29, 0.717) is 0 Å². The molecule has 0 spiro atoms. The maximum Gasteiger partial charge on any atom is 0.137 e. The van der Waals surface area contributed by atoms with Crippen LogP contribution in [0.4, 0.5) is 0 Å². The molecule has 0 unspecified atom stereocenters. The second-order valence-electron chi connectivity index (χ2n) is 14.6. The summed E-state index contributed by atoms with van der Waals surface area (Å²) in [5.74, 6) is 0. The number of rotatable bonds is 5. The molecule has 4 heterocycles. The fourth-order valence-corrected chi connectivity index (χ4v) is 8.90. The van der Waals surface area contributed by atoms with Crippen LogP contribution >= 0.6 is 0 Å². The van der Waals surface area contributed by atoms with Crippen LogP contribution in [0.5, 0.6) is 0 Å². The van der Waals surface area contributed by atoms with Crippen LogP contribution in [-0.4, -0.2) is 19.1 Å². The van der Waals surface area contributed by atoms with Crippen molar-refractivity contribution < 1.29 is 4.42 Å². The highest BCUT2D eigenvalue weighted by molar-refractivity contribution is 6.15. The highest BCUT2D eigenvalue weighted by atomic mass is 16.3. The number of para-hydroxylation sites is 3. The van der Waals surface area contributed by atoms with Crippen molar-refractivity contribution in [3.05, 3.63) is 195 Å². The molecule has 0 saturated carbocycles. The summed E-state index contributed by atoms with van der Waals surface area (Å²) < 4.78 is 11.3. The van der Waals surface area contributed by atoms with E-state index in [1.54, 1.807) is 12.4 Å². The van der Waals surface area contributed by atoms with Gasteiger partial charge in [-0.1, -0.05) is 97.1 Å². The largest absolute Gasteiger partial charge is 0.456 e. The first-order chi connectivity index (χ1) is 28.3. The lowest BCUT2D eigenvalue weighted by Gasteiger charge is -2.11. The predicted molar refractivity (Wildman–Crippen MR) is 234 cm³/mol. The van der Waals surface area contributed by atoms with Gasteiger partial charge < -0.3 is 13.6 Å². The summed E-state index contributed by atoms with van der Waals surface area (Å²) in [6.07, 6.45) is 5.26. The molecule has 57 heavy (non-hydrogen) atoms. The van der Waals surface area contributed by atoms with Crippen molar-refractivity contribution in [1.82, 2.24) is 19.1 Å². The summed E-state index contributed by atoms with van der Waals surface area (Å²) in [4.78, 5) is 8.89. The zero-order chi connectivity index (χ0) is 37.5. The van der Waals surface area contributed by atoms with Crippen LogP contribution in [0.15, 0.2) is 199 Å². The van der Waals surface area contributed by atoms with Crippen molar-refractivity contribution in [2.45, 2.75) is 0 Å². The lowest BCUT2D eigenvalue weighted by Crippen LogP contribution is -1.94. The summed E-state index contributed by atoms with van der Waals surface area (Å²) in [5, 5.41) is 7.01. The number of nitrogens with zero attached hydrogens (tertiary/aromatic N) is 4. The minimum absolute atomic E-state index is 0.854. The molecule has 0 fully saturated rings. The van der Waals surface area contributed by atoms with E-state index >= 15 is 0 Å². The van der Waals surface area contributed by atoms with Gasteiger partial charge in [-0.2, -0.15) is 0 Å². The number of aromatic nitrogens is 4. The Morgan fingerprint density at radius 1 is 0.386 bits per heavy atom. The van der Waals surface area contributed by atoms with Crippen LogP contribution in [0, 0.1) is 0 Å². The van der Waals surface area contributed by atoms with Crippen LogP contribution in [-0.2, 0) is 0 Å². The summed E-state index contributed by atoms with van der Waals surface area (Å²) in [7, 11) is 0. The molecular formula is C52H32N4O. The van der Waals surface area contributed by atoms with E-state index in [9.17, 15) is 0 Å². The lowest BCUT2D eigenvalue weighted by atomic mass is 9.97. The average molecular weight is 729 g/mol. The van der Waals surface area contributed by atoms with Gasteiger partial charge in [-0.05, 0) is 101 Å². The molecule has 5 heteroatoms. The molecule has 266 valence electrons. The normalized spacial score (nSPS) is 11.9. The summed E-state index contributed by atoms with van der Waals surface area (Å²) in [5.41, 5.74) is 15.2. The first kappa shape index (κ1) is 31.6. The molecule has 0 amide bonds. The van der Waals surface area contributed by atoms with Crippen LogP contribution < -0.4 is 0 Å². The van der Waals surface area contributed by atoms with Crippen molar-refractivity contribution in [2.24, 2.45) is 0 Å². The molecule has 12 aromatic rings. The van der Waals surface area contributed by atoms with Crippen molar-refractivity contribution in [1.29, 1.82) is 0 Å². The zero-order valence-corrected chi connectivity index (χ0v) is 30.7.